The van der Waals surface area contributed by atoms with E-state index in [0.29, 0.717) is 0 Å². The van der Waals surface area contributed by atoms with E-state index in [1.807, 2.05) is 30.3 Å². The molecule has 0 aliphatic carbocycles. The van der Waals surface area contributed by atoms with Crippen molar-refractivity contribution in [3.05, 3.63) is 35.9 Å². The molecule has 2 N–H and O–H groups in total. The normalized spacial score (nSPS) is 14.4. The molecule has 3 nitrogen and oxygen atoms in total. The molecule has 0 aliphatic heterocycles. The number of nitrogens with zero attached hydrogens (tertiary/aromatic N) is 1. The van der Waals surface area contributed by atoms with Crippen LogP contribution in [0.1, 0.15) is 45.3 Å². The highest BCUT2D eigenvalue weighted by Crippen LogP contribution is 2.18. The van der Waals surface area contributed by atoms with Crippen LogP contribution in [0.4, 0.5) is 0 Å². The van der Waals surface area contributed by atoms with E-state index < -0.39 is 6.10 Å². The Hall–Kier alpha value is -0.900. The Balaban J connectivity index is 2.36. The van der Waals surface area contributed by atoms with Crippen molar-refractivity contribution in [3.63, 3.8) is 0 Å². The van der Waals surface area contributed by atoms with E-state index in [9.17, 15) is 5.11 Å². The molecular weight excluding hydrogens is 248 g/mol. The molecular formula is C17H30N2O. The van der Waals surface area contributed by atoms with Crippen LogP contribution in [0, 0.1) is 0 Å². The zero-order chi connectivity index (χ0) is 14.8. The number of rotatable bonds is 10. The maximum absolute atomic E-state index is 10.4. The van der Waals surface area contributed by atoms with E-state index >= 15 is 0 Å². The second-order valence-electron chi connectivity index (χ2n) is 5.20. The first-order chi connectivity index (χ1) is 9.72. The van der Waals surface area contributed by atoms with Crippen LogP contribution in [0.25, 0.3) is 0 Å². The van der Waals surface area contributed by atoms with Gasteiger partial charge in [0.2, 0.25) is 0 Å². The molecule has 0 saturated heterocycles. The fraction of sp³-hybridized carbons (Fsp3) is 0.647. The Morgan fingerprint density at radius 2 is 1.75 bits per heavy atom. The van der Waals surface area contributed by atoms with E-state index in [0.717, 1.165) is 44.6 Å². The van der Waals surface area contributed by atoms with Gasteiger partial charge >= 0.3 is 0 Å². The molecule has 0 heterocycles. The Labute approximate surface area is 124 Å². The third-order valence-electron chi connectivity index (χ3n) is 3.91. The van der Waals surface area contributed by atoms with Gasteiger partial charge in [-0.3, -0.25) is 0 Å². The number of aliphatic hydroxyl groups is 1. The number of hydrogen-bond acceptors (Lipinski definition) is 3. The highest BCUT2D eigenvalue weighted by molar-refractivity contribution is 5.18. The van der Waals surface area contributed by atoms with Gasteiger partial charge < -0.3 is 15.3 Å². The topological polar surface area (TPSA) is 35.5 Å². The van der Waals surface area contributed by atoms with Gasteiger partial charge in [0.15, 0.2) is 0 Å². The third kappa shape index (κ3) is 5.61. The van der Waals surface area contributed by atoms with Crippen molar-refractivity contribution in [2.45, 2.75) is 45.8 Å². The molecule has 0 radical (unpaired) electrons. The van der Waals surface area contributed by atoms with Gasteiger partial charge in [-0.15, -0.1) is 0 Å². The van der Waals surface area contributed by atoms with Crippen molar-refractivity contribution in [3.8, 4) is 0 Å². The average molecular weight is 278 g/mol. The summed E-state index contributed by atoms with van der Waals surface area (Å²) >= 11 is 0. The van der Waals surface area contributed by atoms with Gasteiger partial charge in [-0.1, -0.05) is 51.1 Å². The fourth-order valence-electron chi connectivity index (χ4n) is 2.49. The molecule has 1 aromatic carbocycles. The van der Waals surface area contributed by atoms with Crippen LogP contribution in [0.5, 0.6) is 0 Å². The second kappa shape index (κ2) is 9.92. The van der Waals surface area contributed by atoms with Crippen LogP contribution in [0.15, 0.2) is 30.3 Å². The molecule has 0 saturated carbocycles. The number of aliphatic hydroxyl groups excluding tert-OH is 1. The number of nitrogens with one attached hydrogen (secondary N) is 1. The molecule has 0 fully saturated rings. The minimum Gasteiger partial charge on any atom is -0.387 e. The monoisotopic (exact) mass is 278 g/mol. The Kier molecular flexibility index (Phi) is 8.51. The predicted molar refractivity (Wildman–Crippen MR) is 85.9 cm³/mol. The maximum atomic E-state index is 10.4. The van der Waals surface area contributed by atoms with Crippen molar-refractivity contribution in [1.82, 2.24) is 10.2 Å². The van der Waals surface area contributed by atoms with Gasteiger partial charge in [0.05, 0.1) is 6.10 Å². The molecule has 0 aliphatic rings. The van der Waals surface area contributed by atoms with Crippen LogP contribution in [0.3, 0.4) is 0 Å². The predicted octanol–water partition coefficient (Wildman–Crippen LogP) is 2.82. The lowest BCUT2D eigenvalue weighted by Crippen LogP contribution is -2.36. The van der Waals surface area contributed by atoms with Crippen LogP contribution in [-0.4, -0.2) is 42.2 Å². The summed E-state index contributed by atoms with van der Waals surface area (Å²) in [7, 11) is 0. The minimum absolute atomic E-state index is 0.133. The van der Waals surface area contributed by atoms with E-state index in [1.54, 1.807) is 0 Å². The lowest BCUT2D eigenvalue weighted by atomic mass is 10.0. The van der Waals surface area contributed by atoms with Gasteiger partial charge in [0, 0.05) is 6.04 Å². The molecule has 1 rings (SSSR count). The summed E-state index contributed by atoms with van der Waals surface area (Å²) in [6, 6.07) is 10.1. The van der Waals surface area contributed by atoms with Crippen molar-refractivity contribution in [2.75, 3.05) is 26.2 Å². The largest absolute Gasteiger partial charge is 0.387 e. The van der Waals surface area contributed by atoms with Crippen LogP contribution in [-0.2, 0) is 0 Å². The van der Waals surface area contributed by atoms with Gasteiger partial charge in [-0.05, 0) is 44.6 Å². The van der Waals surface area contributed by atoms with Crippen LogP contribution in [0.2, 0.25) is 0 Å². The highest BCUT2D eigenvalue weighted by atomic mass is 16.3. The molecule has 0 aromatic heterocycles. The first kappa shape index (κ1) is 17.2. The van der Waals surface area contributed by atoms with E-state index in [-0.39, 0.29) is 6.04 Å². The summed E-state index contributed by atoms with van der Waals surface area (Å²) in [6.07, 6.45) is 1.63. The summed E-state index contributed by atoms with van der Waals surface area (Å²) in [5.41, 5.74) is 0.996. The molecule has 2 unspecified atom stereocenters. The quantitative estimate of drug-likeness (QED) is 0.646. The molecule has 1 aromatic rings. The molecule has 0 amide bonds. The summed E-state index contributed by atoms with van der Waals surface area (Å²) in [5, 5.41) is 13.9. The zero-order valence-electron chi connectivity index (χ0n) is 13.2. The van der Waals surface area contributed by atoms with Crippen molar-refractivity contribution < 1.29 is 5.11 Å². The SMILES string of the molecule is CCC(NCCCN(CC)CC)C(O)c1ccccc1. The average Bonchev–Trinajstić information content (AvgIpc) is 2.51. The van der Waals surface area contributed by atoms with Crippen molar-refractivity contribution in [2.24, 2.45) is 0 Å². The van der Waals surface area contributed by atoms with Crippen LogP contribution < -0.4 is 5.32 Å². The minimum atomic E-state index is -0.422. The summed E-state index contributed by atoms with van der Waals surface area (Å²) < 4.78 is 0. The Morgan fingerprint density at radius 1 is 1.10 bits per heavy atom. The summed E-state index contributed by atoms with van der Waals surface area (Å²) in [5.74, 6) is 0. The van der Waals surface area contributed by atoms with E-state index in [4.69, 9.17) is 0 Å². The standard InChI is InChI=1S/C17H30N2O/c1-4-16(17(20)15-11-8-7-9-12-15)18-13-10-14-19(5-2)6-3/h7-9,11-12,16-18,20H,4-6,10,13-14H2,1-3H3. The van der Waals surface area contributed by atoms with Crippen LogP contribution >= 0.6 is 0 Å². The lowest BCUT2D eigenvalue weighted by molar-refractivity contribution is 0.125. The van der Waals surface area contributed by atoms with Crippen molar-refractivity contribution in [1.29, 1.82) is 0 Å². The van der Waals surface area contributed by atoms with E-state index in [1.165, 1.54) is 0 Å². The Morgan fingerprint density at radius 3 is 2.30 bits per heavy atom. The second-order valence-corrected chi connectivity index (χ2v) is 5.20. The fourth-order valence-corrected chi connectivity index (χ4v) is 2.49. The summed E-state index contributed by atoms with van der Waals surface area (Å²) in [6.45, 7) is 10.8. The van der Waals surface area contributed by atoms with E-state index in [2.05, 4.69) is 31.0 Å². The molecule has 20 heavy (non-hydrogen) atoms. The zero-order valence-corrected chi connectivity index (χ0v) is 13.2. The Bertz CT molecular complexity index is 338. The van der Waals surface area contributed by atoms with Gasteiger partial charge in [-0.25, -0.2) is 0 Å². The molecule has 114 valence electrons. The van der Waals surface area contributed by atoms with Crippen molar-refractivity contribution >= 4 is 0 Å². The van der Waals surface area contributed by atoms with Gasteiger partial charge in [0.1, 0.15) is 0 Å². The smallest absolute Gasteiger partial charge is 0.0942 e. The molecule has 0 bridgehead atoms. The molecule has 2 atom stereocenters. The third-order valence-corrected chi connectivity index (χ3v) is 3.91. The molecule has 0 spiro atoms. The highest BCUT2D eigenvalue weighted by Gasteiger charge is 2.18. The summed E-state index contributed by atoms with van der Waals surface area (Å²) in [4.78, 5) is 2.43. The van der Waals surface area contributed by atoms with Gasteiger partial charge in [0.25, 0.3) is 0 Å². The molecule has 3 heteroatoms. The number of hydrogen-bond donors (Lipinski definition) is 2. The first-order valence-corrected chi connectivity index (χ1v) is 7.91. The number of benzene rings is 1. The maximum Gasteiger partial charge on any atom is 0.0942 e. The van der Waals surface area contributed by atoms with Gasteiger partial charge in [-0.2, -0.15) is 0 Å². The first-order valence-electron chi connectivity index (χ1n) is 7.91. The lowest BCUT2D eigenvalue weighted by Gasteiger charge is -2.24.